The third-order valence-electron chi connectivity index (χ3n) is 4.82. The Morgan fingerprint density at radius 1 is 1.21 bits per heavy atom. The summed E-state index contributed by atoms with van der Waals surface area (Å²) in [5, 5.41) is 3.28. The van der Waals surface area contributed by atoms with Gasteiger partial charge in [-0.15, -0.1) is 0 Å². The molecule has 0 radical (unpaired) electrons. The van der Waals surface area contributed by atoms with Crippen LogP contribution in [0.5, 0.6) is 0 Å². The number of carbonyl (C=O) groups is 3. The van der Waals surface area contributed by atoms with Crippen molar-refractivity contribution in [2.75, 3.05) is 18.4 Å². The van der Waals surface area contributed by atoms with Crippen LogP contribution in [0.1, 0.15) is 43.3 Å². The molecule has 3 rings (SSSR count). The standard InChI is InChI=1S/C21H25N3O3S/c1-13(2)20(27)24-11-7-10-16(12-24)19(26)23-21-22-17(18(28-21)14(3)25)15-8-5-4-6-9-15/h4-6,8-9,13,16H,7,10-12H2,1-3H3,(H,22,23,26). The zero-order valence-electron chi connectivity index (χ0n) is 16.4. The molecule has 148 valence electrons. The summed E-state index contributed by atoms with van der Waals surface area (Å²) in [6.07, 6.45) is 1.55. The van der Waals surface area contributed by atoms with Crippen LogP contribution in [0.25, 0.3) is 11.3 Å². The molecule has 2 heterocycles. The van der Waals surface area contributed by atoms with Crippen molar-refractivity contribution in [1.82, 2.24) is 9.88 Å². The summed E-state index contributed by atoms with van der Waals surface area (Å²) < 4.78 is 0. The van der Waals surface area contributed by atoms with Gasteiger partial charge in [0.1, 0.15) is 0 Å². The number of hydrogen-bond acceptors (Lipinski definition) is 5. The Bertz CT molecular complexity index is 876. The Labute approximate surface area is 169 Å². The summed E-state index contributed by atoms with van der Waals surface area (Å²) >= 11 is 1.19. The maximum atomic E-state index is 12.8. The lowest BCUT2D eigenvalue weighted by Crippen LogP contribution is -2.45. The number of amides is 2. The van der Waals surface area contributed by atoms with E-state index < -0.39 is 0 Å². The van der Waals surface area contributed by atoms with Gasteiger partial charge in [-0.3, -0.25) is 14.4 Å². The molecule has 1 aromatic heterocycles. The Morgan fingerprint density at radius 2 is 1.93 bits per heavy atom. The highest BCUT2D eigenvalue weighted by molar-refractivity contribution is 7.18. The Morgan fingerprint density at radius 3 is 2.57 bits per heavy atom. The van der Waals surface area contributed by atoms with Gasteiger partial charge in [0.05, 0.1) is 16.5 Å². The average Bonchev–Trinajstić information content (AvgIpc) is 3.12. The second kappa shape index (κ2) is 8.65. The molecule has 2 amide bonds. The lowest BCUT2D eigenvalue weighted by atomic mass is 9.96. The average molecular weight is 400 g/mol. The van der Waals surface area contributed by atoms with E-state index >= 15 is 0 Å². The number of anilines is 1. The van der Waals surface area contributed by atoms with Gasteiger partial charge in [-0.2, -0.15) is 0 Å². The fourth-order valence-electron chi connectivity index (χ4n) is 3.37. The molecule has 0 spiro atoms. The number of aromatic nitrogens is 1. The minimum atomic E-state index is -0.263. The number of rotatable bonds is 5. The first kappa shape index (κ1) is 20.2. The van der Waals surface area contributed by atoms with Crippen molar-refractivity contribution >= 4 is 34.1 Å². The molecule has 1 aliphatic rings. The van der Waals surface area contributed by atoms with Crippen LogP contribution in [0.2, 0.25) is 0 Å². The molecule has 1 atom stereocenters. The van der Waals surface area contributed by atoms with Crippen molar-refractivity contribution < 1.29 is 14.4 Å². The SMILES string of the molecule is CC(=O)c1sc(NC(=O)C2CCCN(C(=O)C(C)C)C2)nc1-c1ccccc1. The number of thiazole rings is 1. The molecule has 2 aromatic rings. The maximum absolute atomic E-state index is 12.8. The first-order chi connectivity index (χ1) is 13.4. The summed E-state index contributed by atoms with van der Waals surface area (Å²) in [6, 6.07) is 9.46. The second-order valence-corrected chi connectivity index (χ2v) is 8.39. The Kier molecular flexibility index (Phi) is 6.24. The lowest BCUT2D eigenvalue weighted by molar-refractivity contribution is -0.137. The number of piperidine rings is 1. The van der Waals surface area contributed by atoms with Gasteiger partial charge < -0.3 is 10.2 Å². The Balaban J connectivity index is 1.75. The normalized spacial score (nSPS) is 16.9. The number of hydrogen-bond donors (Lipinski definition) is 1. The van der Waals surface area contributed by atoms with Gasteiger partial charge in [0, 0.05) is 31.5 Å². The molecule has 7 heteroatoms. The van der Waals surface area contributed by atoms with Crippen LogP contribution in [-0.4, -0.2) is 40.6 Å². The van der Waals surface area contributed by atoms with E-state index in [-0.39, 0.29) is 29.4 Å². The number of carbonyl (C=O) groups excluding carboxylic acids is 3. The molecular formula is C21H25N3O3S. The molecule has 0 bridgehead atoms. The molecule has 1 aliphatic heterocycles. The number of nitrogens with one attached hydrogen (secondary N) is 1. The van der Waals surface area contributed by atoms with Crippen LogP contribution in [0.4, 0.5) is 5.13 Å². The van der Waals surface area contributed by atoms with E-state index in [9.17, 15) is 14.4 Å². The van der Waals surface area contributed by atoms with Crippen LogP contribution < -0.4 is 5.32 Å². The first-order valence-electron chi connectivity index (χ1n) is 9.53. The summed E-state index contributed by atoms with van der Waals surface area (Å²) in [4.78, 5) is 43.9. The summed E-state index contributed by atoms with van der Waals surface area (Å²) in [5.74, 6) is -0.487. The van der Waals surface area contributed by atoms with E-state index in [1.54, 1.807) is 4.90 Å². The predicted octanol–water partition coefficient (Wildman–Crippen LogP) is 3.85. The first-order valence-corrected chi connectivity index (χ1v) is 10.3. The topological polar surface area (TPSA) is 79.4 Å². The highest BCUT2D eigenvalue weighted by Gasteiger charge is 2.30. The van der Waals surface area contributed by atoms with Crippen LogP contribution >= 0.6 is 11.3 Å². The van der Waals surface area contributed by atoms with Crippen molar-refractivity contribution in [3.8, 4) is 11.3 Å². The van der Waals surface area contributed by atoms with Crippen molar-refractivity contribution in [2.24, 2.45) is 11.8 Å². The molecule has 0 aliphatic carbocycles. The van der Waals surface area contributed by atoms with E-state index in [2.05, 4.69) is 10.3 Å². The lowest BCUT2D eigenvalue weighted by Gasteiger charge is -2.33. The van der Waals surface area contributed by atoms with E-state index in [0.717, 1.165) is 18.4 Å². The number of benzene rings is 1. The van der Waals surface area contributed by atoms with Crippen molar-refractivity contribution in [3.63, 3.8) is 0 Å². The minimum absolute atomic E-state index is 0.0765. The van der Waals surface area contributed by atoms with Crippen molar-refractivity contribution in [3.05, 3.63) is 35.2 Å². The van der Waals surface area contributed by atoms with E-state index in [0.29, 0.717) is 28.8 Å². The summed E-state index contributed by atoms with van der Waals surface area (Å²) in [6.45, 7) is 6.37. The maximum Gasteiger partial charge on any atom is 0.231 e. The monoisotopic (exact) mass is 399 g/mol. The predicted molar refractivity (Wildman–Crippen MR) is 110 cm³/mol. The second-order valence-electron chi connectivity index (χ2n) is 7.39. The number of likely N-dealkylation sites (tertiary alicyclic amines) is 1. The number of nitrogens with zero attached hydrogens (tertiary/aromatic N) is 2. The van der Waals surface area contributed by atoms with E-state index in [1.165, 1.54) is 18.3 Å². The molecule has 1 fully saturated rings. The van der Waals surface area contributed by atoms with Crippen LogP contribution in [0, 0.1) is 11.8 Å². The Hall–Kier alpha value is -2.54. The van der Waals surface area contributed by atoms with Gasteiger partial charge in [0.15, 0.2) is 10.9 Å². The van der Waals surface area contributed by atoms with Gasteiger partial charge in [-0.05, 0) is 12.8 Å². The molecule has 1 N–H and O–H groups in total. The van der Waals surface area contributed by atoms with E-state index in [1.807, 2.05) is 44.2 Å². The number of ketones is 1. The molecule has 1 saturated heterocycles. The molecule has 28 heavy (non-hydrogen) atoms. The largest absolute Gasteiger partial charge is 0.342 e. The van der Waals surface area contributed by atoms with Crippen molar-refractivity contribution in [2.45, 2.75) is 33.6 Å². The smallest absolute Gasteiger partial charge is 0.231 e. The quantitative estimate of drug-likeness (QED) is 0.775. The van der Waals surface area contributed by atoms with Gasteiger partial charge in [0.2, 0.25) is 11.8 Å². The fourth-order valence-corrected chi connectivity index (χ4v) is 4.25. The van der Waals surface area contributed by atoms with Crippen LogP contribution in [-0.2, 0) is 9.59 Å². The molecule has 6 nitrogen and oxygen atoms in total. The summed E-state index contributed by atoms with van der Waals surface area (Å²) in [5.41, 5.74) is 1.43. The third kappa shape index (κ3) is 4.47. The highest BCUT2D eigenvalue weighted by atomic mass is 32.1. The van der Waals surface area contributed by atoms with Gasteiger partial charge >= 0.3 is 0 Å². The van der Waals surface area contributed by atoms with Gasteiger partial charge in [0.25, 0.3) is 0 Å². The zero-order valence-corrected chi connectivity index (χ0v) is 17.2. The zero-order chi connectivity index (χ0) is 20.3. The van der Waals surface area contributed by atoms with Crippen LogP contribution in [0.15, 0.2) is 30.3 Å². The molecular weight excluding hydrogens is 374 g/mol. The highest BCUT2D eigenvalue weighted by Crippen LogP contribution is 2.32. The third-order valence-corrected chi connectivity index (χ3v) is 5.89. The molecule has 1 aromatic carbocycles. The van der Waals surface area contributed by atoms with Gasteiger partial charge in [-0.1, -0.05) is 55.5 Å². The minimum Gasteiger partial charge on any atom is -0.342 e. The number of Topliss-reactive ketones (excluding diaryl/α,β-unsaturated/α-hetero) is 1. The van der Waals surface area contributed by atoms with Gasteiger partial charge in [-0.25, -0.2) is 4.98 Å². The van der Waals surface area contributed by atoms with Crippen LogP contribution in [0.3, 0.4) is 0 Å². The fraction of sp³-hybridized carbons (Fsp3) is 0.429. The van der Waals surface area contributed by atoms with Crippen molar-refractivity contribution in [1.29, 1.82) is 0 Å². The molecule has 1 unspecified atom stereocenters. The van der Waals surface area contributed by atoms with E-state index in [4.69, 9.17) is 0 Å². The summed E-state index contributed by atoms with van der Waals surface area (Å²) in [7, 11) is 0. The molecule has 0 saturated carbocycles.